The van der Waals surface area contributed by atoms with Crippen LogP contribution >= 0.6 is 22.7 Å². The summed E-state index contributed by atoms with van der Waals surface area (Å²) in [4.78, 5) is 30.8. The second-order valence-corrected chi connectivity index (χ2v) is 8.23. The first-order valence-corrected chi connectivity index (χ1v) is 10.3. The van der Waals surface area contributed by atoms with Crippen molar-refractivity contribution in [3.63, 3.8) is 0 Å². The minimum Gasteiger partial charge on any atom is -0.482 e. The number of thiazole rings is 1. The molecule has 0 saturated heterocycles. The minimum atomic E-state index is -0.338. The van der Waals surface area contributed by atoms with E-state index in [2.05, 4.69) is 20.5 Å². The van der Waals surface area contributed by atoms with E-state index < -0.39 is 0 Å². The molecule has 0 atom stereocenters. The fourth-order valence-corrected chi connectivity index (χ4v) is 4.10. The van der Waals surface area contributed by atoms with Gasteiger partial charge in [0.1, 0.15) is 17.3 Å². The lowest BCUT2D eigenvalue weighted by atomic mass is 10.1. The monoisotopic (exact) mass is 415 g/mol. The number of hydrogen-bond donors (Lipinski definition) is 1. The van der Waals surface area contributed by atoms with Gasteiger partial charge in [0.25, 0.3) is 5.91 Å². The summed E-state index contributed by atoms with van der Waals surface area (Å²) in [5, 5.41) is 14.8. The number of nitrogens with one attached hydrogen (secondary N) is 1. The Labute approximate surface area is 169 Å². The summed E-state index contributed by atoms with van der Waals surface area (Å²) in [6.45, 7) is 3.67. The number of fused-ring (bicyclic) bond motifs is 1. The highest BCUT2D eigenvalue weighted by Crippen LogP contribution is 2.36. The minimum absolute atomic E-state index is 0.103. The second-order valence-electron chi connectivity index (χ2n) is 6.11. The van der Waals surface area contributed by atoms with Crippen LogP contribution in [0.15, 0.2) is 23.6 Å². The van der Waals surface area contributed by atoms with Gasteiger partial charge in [-0.1, -0.05) is 18.3 Å². The molecule has 2 aromatic heterocycles. The normalized spacial score (nSPS) is 13.2. The number of rotatable bonds is 5. The summed E-state index contributed by atoms with van der Waals surface area (Å²) in [5.41, 5.74) is 2.25. The maximum absolute atomic E-state index is 12.5. The zero-order valence-electron chi connectivity index (χ0n) is 15.3. The van der Waals surface area contributed by atoms with Crippen molar-refractivity contribution in [1.29, 1.82) is 0 Å². The van der Waals surface area contributed by atoms with Gasteiger partial charge in [-0.25, -0.2) is 4.98 Å². The molecule has 0 saturated carbocycles. The van der Waals surface area contributed by atoms with Gasteiger partial charge in [0.15, 0.2) is 6.61 Å². The van der Waals surface area contributed by atoms with Gasteiger partial charge >= 0.3 is 0 Å². The Kier molecular flexibility index (Phi) is 5.05. The predicted molar refractivity (Wildman–Crippen MR) is 108 cm³/mol. The Bertz CT molecular complexity index is 1050. The number of aryl methyl sites for hydroxylation is 2. The second kappa shape index (κ2) is 7.64. The Morgan fingerprint density at radius 1 is 1.36 bits per heavy atom. The van der Waals surface area contributed by atoms with Crippen molar-refractivity contribution in [2.24, 2.45) is 0 Å². The topological polar surface area (TPSA) is 97.3 Å². The van der Waals surface area contributed by atoms with E-state index in [1.165, 1.54) is 16.2 Å². The van der Waals surface area contributed by atoms with Gasteiger partial charge in [-0.05, 0) is 31.5 Å². The average molecular weight is 416 g/mol. The number of carbonyl (C=O) groups is 2. The molecule has 3 aromatic rings. The quantitative estimate of drug-likeness (QED) is 0.688. The smallest absolute Gasteiger partial charge is 0.265 e. The predicted octanol–water partition coefficient (Wildman–Crippen LogP) is 2.90. The first-order chi connectivity index (χ1) is 13.5. The first-order valence-electron chi connectivity index (χ1n) is 8.65. The van der Waals surface area contributed by atoms with Crippen LogP contribution < -0.4 is 15.0 Å². The zero-order chi connectivity index (χ0) is 19.7. The molecule has 10 heteroatoms. The highest BCUT2D eigenvalue weighted by Gasteiger charge is 2.28. The lowest BCUT2D eigenvalue weighted by Gasteiger charge is -2.29. The van der Waals surface area contributed by atoms with E-state index in [1.807, 2.05) is 31.4 Å². The highest BCUT2D eigenvalue weighted by molar-refractivity contribution is 7.15. The van der Waals surface area contributed by atoms with Crippen molar-refractivity contribution >= 4 is 45.3 Å². The van der Waals surface area contributed by atoms with Crippen molar-refractivity contribution in [2.75, 3.05) is 23.4 Å². The number of anilines is 2. The number of hydrogen-bond acceptors (Lipinski definition) is 8. The van der Waals surface area contributed by atoms with Crippen molar-refractivity contribution in [1.82, 2.24) is 15.2 Å². The van der Waals surface area contributed by atoms with E-state index in [0.29, 0.717) is 16.6 Å². The molecule has 0 aliphatic carbocycles. The third-order valence-electron chi connectivity index (χ3n) is 4.13. The average Bonchev–Trinajstić information content (AvgIpc) is 3.32. The fraction of sp³-hybridized carbons (Fsp3) is 0.278. The summed E-state index contributed by atoms with van der Waals surface area (Å²) in [6, 6.07) is 5.53. The molecule has 0 radical (unpaired) electrons. The van der Waals surface area contributed by atoms with Crippen LogP contribution in [-0.2, 0) is 16.0 Å². The van der Waals surface area contributed by atoms with Crippen LogP contribution in [0.25, 0.3) is 11.3 Å². The number of carbonyl (C=O) groups excluding carboxylic acids is 2. The van der Waals surface area contributed by atoms with E-state index in [4.69, 9.17) is 4.74 Å². The van der Waals surface area contributed by atoms with Crippen LogP contribution in [0.3, 0.4) is 0 Å². The molecule has 0 spiro atoms. The van der Waals surface area contributed by atoms with E-state index in [0.717, 1.165) is 27.7 Å². The molecule has 0 fully saturated rings. The molecule has 0 unspecified atom stereocenters. The van der Waals surface area contributed by atoms with Crippen LogP contribution in [0.5, 0.6) is 5.75 Å². The summed E-state index contributed by atoms with van der Waals surface area (Å²) in [5.74, 6) is -0.0528. The summed E-state index contributed by atoms with van der Waals surface area (Å²) >= 11 is 2.88. The van der Waals surface area contributed by atoms with Gasteiger partial charge in [0, 0.05) is 10.9 Å². The molecule has 1 N–H and O–H groups in total. The molecule has 3 heterocycles. The molecule has 2 amide bonds. The molecule has 0 bridgehead atoms. The molecule has 28 heavy (non-hydrogen) atoms. The molecular formula is C18H17N5O3S2. The lowest BCUT2D eigenvalue weighted by molar-refractivity contribution is -0.123. The maximum Gasteiger partial charge on any atom is 0.265 e. The van der Waals surface area contributed by atoms with Gasteiger partial charge in [0.2, 0.25) is 11.0 Å². The van der Waals surface area contributed by atoms with Crippen LogP contribution in [-0.4, -0.2) is 40.1 Å². The number of aromatic nitrogens is 3. The molecule has 144 valence electrons. The Morgan fingerprint density at radius 3 is 2.93 bits per heavy atom. The SMILES string of the molecule is CCc1nnc(NC(=O)CN2C(=O)COc3ccc(-c4csc(C)n4)cc32)s1. The summed E-state index contributed by atoms with van der Waals surface area (Å²) < 4.78 is 5.52. The number of nitrogens with zero attached hydrogens (tertiary/aromatic N) is 4. The van der Waals surface area contributed by atoms with E-state index in [-0.39, 0.29) is 25.0 Å². The zero-order valence-corrected chi connectivity index (χ0v) is 16.9. The highest BCUT2D eigenvalue weighted by atomic mass is 32.1. The number of benzene rings is 1. The Balaban J connectivity index is 1.57. The van der Waals surface area contributed by atoms with Crippen molar-refractivity contribution in [3.8, 4) is 17.0 Å². The summed E-state index contributed by atoms with van der Waals surface area (Å²) in [7, 11) is 0. The molecule has 4 rings (SSSR count). The van der Waals surface area contributed by atoms with Crippen LogP contribution in [0.4, 0.5) is 10.8 Å². The van der Waals surface area contributed by atoms with Crippen LogP contribution in [0.2, 0.25) is 0 Å². The lowest BCUT2D eigenvalue weighted by Crippen LogP contribution is -2.43. The van der Waals surface area contributed by atoms with E-state index in [9.17, 15) is 9.59 Å². The summed E-state index contributed by atoms with van der Waals surface area (Å²) in [6.07, 6.45) is 0.752. The van der Waals surface area contributed by atoms with Crippen LogP contribution in [0, 0.1) is 6.92 Å². The van der Waals surface area contributed by atoms with Gasteiger partial charge in [-0.3, -0.25) is 19.8 Å². The third kappa shape index (κ3) is 3.73. The van der Waals surface area contributed by atoms with Crippen molar-refractivity contribution in [2.45, 2.75) is 20.3 Å². The van der Waals surface area contributed by atoms with Gasteiger partial charge in [-0.2, -0.15) is 0 Å². The first kappa shape index (κ1) is 18.5. The standard InChI is InChI=1S/C18H17N5O3S2/c1-3-16-21-22-18(28-16)20-15(24)7-23-13-6-11(12-9-27-10(2)19-12)4-5-14(13)26-8-17(23)25/h4-6,9H,3,7-8H2,1-2H3,(H,20,22,24). The molecular weight excluding hydrogens is 398 g/mol. The number of amides is 2. The van der Waals surface area contributed by atoms with Gasteiger partial charge in [-0.15, -0.1) is 21.5 Å². The fourth-order valence-electron chi connectivity index (χ4n) is 2.78. The van der Waals surface area contributed by atoms with E-state index in [1.54, 1.807) is 17.4 Å². The third-order valence-corrected chi connectivity index (χ3v) is 5.89. The molecule has 1 aromatic carbocycles. The Morgan fingerprint density at radius 2 is 2.21 bits per heavy atom. The Hall–Kier alpha value is -2.85. The number of ether oxygens (including phenoxy) is 1. The molecule has 8 nitrogen and oxygen atoms in total. The van der Waals surface area contributed by atoms with Crippen LogP contribution in [0.1, 0.15) is 16.9 Å². The van der Waals surface area contributed by atoms with Gasteiger partial charge in [0.05, 0.1) is 16.4 Å². The maximum atomic E-state index is 12.5. The van der Waals surface area contributed by atoms with E-state index >= 15 is 0 Å². The van der Waals surface area contributed by atoms with Gasteiger partial charge < -0.3 is 4.74 Å². The molecule has 1 aliphatic rings. The largest absolute Gasteiger partial charge is 0.482 e. The molecule has 1 aliphatic heterocycles. The van der Waals surface area contributed by atoms with Crippen molar-refractivity contribution in [3.05, 3.63) is 33.6 Å². The van der Waals surface area contributed by atoms with Crippen molar-refractivity contribution < 1.29 is 14.3 Å².